The maximum absolute atomic E-state index is 11.1. The van der Waals surface area contributed by atoms with Gasteiger partial charge in [0.15, 0.2) is 0 Å². The van der Waals surface area contributed by atoms with E-state index < -0.39 is 5.97 Å². The van der Waals surface area contributed by atoms with Crippen LogP contribution in [0.15, 0.2) is 12.2 Å². The highest BCUT2D eigenvalue weighted by Crippen LogP contribution is 1.95. The zero-order valence-corrected chi connectivity index (χ0v) is 7.90. The van der Waals surface area contributed by atoms with E-state index in [1.54, 1.807) is 6.08 Å². The number of nitrogens with zero attached hydrogens (tertiary/aromatic N) is 1. The molecule has 5 nitrogen and oxygen atoms in total. The van der Waals surface area contributed by atoms with Crippen LogP contribution < -0.4 is 5.32 Å². The fourth-order valence-corrected chi connectivity index (χ4v) is 1.33. The van der Waals surface area contributed by atoms with Gasteiger partial charge in [0.1, 0.15) is 0 Å². The summed E-state index contributed by atoms with van der Waals surface area (Å²) in [5.41, 5.74) is 0. The number of carbonyl (C=O) groups is 2. The SMILES string of the molecule is O=C(O)/C=C/CN1CCCNC(=O)C1. The highest BCUT2D eigenvalue weighted by atomic mass is 16.4. The van der Waals surface area contributed by atoms with Gasteiger partial charge in [-0.05, 0) is 6.42 Å². The van der Waals surface area contributed by atoms with Gasteiger partial charge in [-0.3, -0.25) is 9.69 Å². The molecular formula is C9H14N2O3. The van der Waals surface area contributed by atoms with Crippen molar-refractivity contribution in [1.82, 2.24) is 10.2 Å². The monoisotopic (exact) mass is 198 g/mol. The lowest BCUT2D eigenvalue weighted by molar-refractivity contribution is -0.131. The Labute approximate surface area is 82.4 Å². The lowest BCUT2D eigenvalue weighted by atomic mass is 10.3. The molecule has 0 aliphatic carbocycles. The molecule has 78 valence electrons. The summed E-state index contributed by atoms with van der Waals surface area (Å²) < 4.78 is 0. The number of hydrogen-bond donors (Lipinski definition) is 2. The van der Waals surface area contributed by atoms with Gasteiger partial charge in [-0.25, -0.2) is 4.79 Å². The summed E-state index contributed by atoms with van der Waals surface area (Å²) in [6.07, 6.45) is 3.57. The maximum atomic E-state index is 11.1. The van der Waals surface area contributed by atoms with E-state index in [4.69, 9.17) is 5.11 Å². The van der Waals surface area contributed by atoms with Crippen LogP contribution in [0.5, 0.6) is 0 Å². The Kier molecular flexibility index (Phi) is 4.12. The fourth-order valence-electron chi connectivity index (χ4n) is 1.33. The van der Waals surface area contributed by atoms with Crippen LogP contribution in [-0.2, 0) is 9.59 Å². The molecule has 0 unspecified atom stereocenters. The van der Waals surface area contributed by atoms with Crippen molar-refractivity contribution >= 4 is 11.9 Å². The Hall–Kier alpha value is -1.36. The third-order valence-electron chi connectivity index (χ3n) is 1.96. The summed E-state index contributed by atoms with van der Waals surface area (Å²) in [6.45, 7) is 2.39. The summed E-state index contributed by atoms with van der Waals surface area (Å²) in [6, 6.07) is 0. The Morgan fingerprint density at radius 3 is 3.14 bits per heavy atom. The van der Waals surface area contributed by atoms with Crippen molar-refractivity contribution in [3.05, 3.63) is 12.2 Å². The second-order valence-electron chi connectivity index (χ2n) is 3.18. The number of carboxylic acid groups (broad SMARTS) is 1. The van der Waals surface area contributed by atoms with Crippen LogP contribution in [0.1, 0.15) is 6.42 Å². The lowest BCUT2D eigenvalue weighted by Crippen LogP contribution is -2.33. The van der Waals surface area contributed by atoms with Crippen LogP contribution in [0.4, 0.5) is 0 Å². The maximum Gasteiger partial charge on any atom is 0.328 e. The van der Waals surface area contributed by atoms with Gasteiger partial charge >= 0.3 is 5.97 Å². The van der Waals surface area contributed by atoms with E-state index >= 15 is 0 Å². The second-order valence-corrected chi connectivity index (χ2v) is 3.18. The fraction of sp³-hybridized carbons (Fsp3) is 0.556. The van der Waals surface area contributed by atoms with E-state index in [1.807, 2.05) is 4.90 Å². The van der Waals surface area contributed by atoms with Crippen molar-refractivity contribution in [1.29, 1.82) is 0 Å². The van der Waals surface area contributed by atoms with Crippen LogP contribution in [0.3, 0.4) is 0 Å². The van der Waals surface area contributed by atoms with Crippen LogP contribution in [-0.4, -0.2) is 48.1 Å². The van der Waals surface area contributed by atoms with Crippen LogP contribution in [0, 0.1) is 0 Å². The molecule has 1 aliphatic heterocycles. The molecule has 0 atom stereocenters. The van der Waals surface area contributed by atoms with Crippen molar-refractivity contribution in [2.75, 3.05) is 26.2 Å². The Balaban J connectivity index is 2.35. The Bertz CT molecular complexity index is 250. The van der Waals surface area contributed by atoms with Gasteiger partial charge in [0.05, 0.1) is 6.54 Å². The van der Waals surface area contributed by atoms with E-state index in [0.717, 1.165) is 19.0 Å². The number of hydrogen-bond acceptors (Lipinski definition) is 3. The second kappa shape index (κ2) is 5.39. The molecule has 0 spiro atoms. The molecule has 2 N–H and O–H groups in total. The van der Waals surface area contributed by atoms with Crippen LogP contribution in [0.2, 0.25) is 0 Å². The van der Waals surface area contributed by atoms with Gasteiger partial charge in [0, 0.05) is 25.7 Å². The van der Waals surface area contributed by atoms with Gasteiger partial charge in [-0.1, -0.05) is 6.08 Å². The molecule has 14 heavy (non-hydrogen) atoms. The Morgan fingerprint density at radius 2 is 2.43 bits per heavy atom. The van der Waals surface area contributed by atoms with Crippen molar-refractivity contribution < 1.29 is 14.7 Å². The van der Waals surface area contributed by atoms with Crippen LogP contribution in [0.25, 0.3) is 0 Å². The van der Waals surface area contributed by atoms with E-state index in [2.05, 4.69) is 5.32 Å². The molecule has 0 saturated carbocycles. The van der Waals surface area contributed by atoms with E-state index in [9.17, 15) is 9.59 Å². The van der Waals surface area contributed by atoms with Crippen molar-refractivity contribution in [2.45, 2.75) is 6.42 Å². The third-order valence-corrected chi connectivity index (χ3v) is 1.96. The molecular weight excluding hydrogens is 184 g/mol. The molecule has 0 radical (unpaired) electrons. The van der Waals surface area contributed by atoms with Gasteiger partial charge in [0.2, 0.25) is 5.91 Å². The molecule has 1 saturated heterocycles. The first kappa shape index (κ1) is 10.7. The molecule has 0 aromatic rings. The summed E-state index contributed by atoms with van der Waals surface area (Å²) in [4.78, 5) is 23.2. The molecule has 1 fully saturated rings. The average molecular weight is 198 g/mol. The number of carboxylic acids is 1. The molecule has 1 rings (SSSR count). The number of carbonyl (C=O) groups excluding carboxylic acids is 1. The summed E-state index contributed by atoms with van der Waals surface area (Å²) in [5, 5.41) is 11.1. The zero-order valence-electron chi connectivity index (χ0n) is 7.90. The molecule has 1 aliphatic rings. The van der Waals surface area contributed by atoms with Crippen molar-refractivity contribution in [3.8, 4) is 0 Å². The predicted molar refractivity (Wildman–Crippen MR) is 50.8 cm³/mol. The van der Waals surface area contributed by atoms with Crippen LogP contribution >= 0.6 is 0 Å². The summed E-state index contributed by atoms with van der Waals surface area (Å²) >= 11 is 0. The standard InChI is InChI=1S/C9H14N2O3/c12-8-7-11(6-2-4-10-8)5-1-3-9(13)14/h1,3H,2,4-7H2,(H,10,12)(H,13,14)/b3-1+. The van der Waals surface area contributed by atoms with Gasteiger partial charge in [-0.15, -0.1) is 0 Å². The smallest absolute Gasteiger partial charge is 0.328 e. The quantitative estimate of drug-likeness (QED) is 0.597. The molecule has 0 aromatic heterocycles. The normalized spacial score (nSPS) is 19.3. The topological polar surface area (TPSA) is 69.6 Å². The van der Waals surface area contributed by atoms with E-state index in [-0.39, 0.29) is 5.91 Å². The minimum Gasteiger partial charge on any atom is -0.478 e. The third kappa shape index (κ3) is 4.04. The number of rotatable bonds is 3. The predicted octanol–water partition coefficient (Wildman–Crippen LogP) is -0.551. The average Bonchev–Trinajstić information content (AvgIpc) is 2.29. The molecule has 0 aromatic carbocycles. The first-order chi connectivity index (χ1) is 6.68. The lowest BCUT2D eigenvalue weighted by Gasteiger charge is -2.15. The number of nitrogens with one attached hydrogen (secondary N) is 1. The van der Waals surface area contributed by atoms with Gasteiger partial charge < -0.3 is 10.4 Å². The van der Waals surface area contributed by atoms with Crippen molar-refractivity contribution in [3.63, 3.8) is 0 Å². The first-order valence-electron chi connectivity index (χ1n) is 4.57. The number of amides is 1. The molecule has 1 amide bonds. The largest absolute Gasteiger partial charge is 0.478 e. The summed E-state index contributed by atoms with van der Waals surface area (Å²) in [7, 11) is 0. The Morgan fingerprint density at radius 1 is 1.64 bits per heavy atom. The van der Waals surface area contributed by atoms with Gasteiger partial charge in [-0.2, -0.15) is 0 Å². The van der Waals surface area contributed by atoms with Crippen molar-refractivity contribution in [2.24, 2.45) is 0 Å². The highest BCUT2D eigenvalue weighted by Gasteiger charge is 2.12. The number of aliphatic carboxylic acids is 1. The highest BCUT2D eigenvalue weighted by molar-refractivity contribution is 5.80. The first-order valence-corrected chi connectivity index (χ1v) is 4.57. The minimum absolute atomic E-state index is 0.00576. The zero-order chi connectivity index (χ0) is 10.4. The molecule has 5 heteroatoms. The van der Waals surface area contributed by atoms with Gasteiger partial charge in [0.25, 0.3) is 0 Å². The van der Waals surface area contributed by atoms with E-state index in [1.165, 1.54) is 0 Å². The molecule has 0 bridgehead atoms. The van der Waals surface area contributed by atoms with E-state index in [0.29, 0.717) is 19.6 Å². The summed E-state index contributed by atoms with van der Waals surface area (Å²) in [5.74, 6) is -0.949. The molecule has 1 heterocycles. The minimum atomic E-state index is -0.954.